The van der Waals surface area contributed by atoms with Crippen LogP contribution in [0.1, 0.15) is 23.2 Å². The van der Waals surface area contributed by atoms with Crippen LogP contribution in [0, 0.1) is 0 Å². The van der Waals surface area contributed by atoms with Gasteiger partial charge in [-0.2, -0.15) is 0 Å². The van der Waals surface area contributed by atoms with E-state index in [0.717, 1.165) is 19.4 Å². The summed E-state index contributed by atoms with van der Waals surface area (Å²) in [6, 6.07) is 3.18. The van der Waals surface area contributed by atoms with Gasteiger partial charge in [0.05, 0.1) is 6.10 Å². The molecule has 1 atom stereocenters. The minimum Gasteiger partial charge on any atom is -0.376 e. The molecule has 1 fully saturated rings. The molecule has 0 aliphatic carbocycles. The molecule has 1 aliphatic rings. The predicted octanol–water partition coefficient (Wildman–Crippen LogP) is 1.64. The Balaban J connectivity index is 1.87. The van der Waals surface area contributed by atoms with Gasteiger partial charge in [0.2, 0.25) is 0 Å². The monoisotopic (exact) mass is 240 g/mol. The van der Waals surface area contributed by atoms with E-state index in [9.17, 15) is 4.79 Å². The van der Waals surface area contributed by atoms with Crippen LogP contribution in [-0.2, 0) is 4.74 Å². The van der Waals surface area contributed by atoms with Crippen LogP contribution in [0.2, 0.25) is 5.15 Å². The number of nitrogens with zero attached hydrogens (tertiary/aromatic N) is 1. The van der Waals surface area contributed by atoms with E-state index in [2.05, 4.69) is 10.3 Å². The molecule has 1 aliphatic heterocycles. The first-order valence-electron chi connectivity index (χ1n) is 5.27. The van der Waals surface area contributed by atoms with Crippen LogP contribution < -0.4 is 5.32 Å². The number of hydrogen-bond acceptors (Lipinski definition) is 3. The summed E-state index contributed by atoms with van der Waals surface area (Å²) >= 11 is 5.70. The highest BCUT2D eigenvalue weighted by molar-refractivity contribution is 6.29. The maximum atomic E-state index is 11.7. The van der Waals surface area contributed by atoms with Crippen molar-refractivity contribution in [2.75, 3.05) is 13.2 Å². The van der Waals surface area contributed by atoms with E-state index in [1.165, 1.54) is 6.20 Å². The number of amides is 1. The first kappa shape index (κ1) is 11.4. The number of carbonyl (C=O) groups excluding carboxylic acids is 1. The van der Waals surface area contributed by atoms with Crippen molar-refractivity contribution in [1.29, 1.82) is 0 Å². The van der Waals surface area contributed by atoms with Gasteiger partial charge in [-0.25, -0.2) is 4.98 Å². The topological polar surface area (TPSA) is 51.2 Å². The quantitative estimate of drug-likeness (QED) is 0.818. The Morgan fingerprint density at radius 1 is 1.69 bits per heavy atom. The molecular weight excluding hydrogens is 228 g/mol. The smallest absolute Gasteiger partial charge is 0.251 e. The van der Waals surface area contributed by atoms with E-state index in [-0.39, 0.29) is 12.0 Å². The molecule has 0 spiro atoms. The highest BCUT2D eigenvalue weighted by Crippen LogP contribution is 2.11. The van der Waals surface area contributed by atoms with Crippen LogP contribution in [0.4, 0.5) is 0 Å². The summed E-state index contributed by atoms with van der Waals surface area (Å²) in [6.07, 6.45) is 3.75. The lowest BCUT2D eigenvalue weighted by Crippen LogP contribution is -2.31. The Morgan fingerprint density at radius 3 is 3.25 bits per heavy atom. The third-order valence-electron chi connectivity index (χ3n) is 2.50. The van der Waals surface area contributed by atoms with Gasteiger partial charge in [-0.3, -0.25) is 4.79 Å². The highest BCUT2D eigenvalue weighted by Gasteiger charge is 2.16. The lowest BCUT2D eigenvalue weighted by molar-refractivity contribution is 0.0857. The maximum absolute atomic E-state index is 11.7. The van der Waals surface area contributed by atoms with Gasteiger partial charge in [0.25, 0.3) is 5.91 Å². The van der Waals surface area contributed by atoms with Crippen molar-refractivity contribution in [3.8, 4) is 0 Å². The SMILES string of the molecule is O=C(NCC1CCCO1)c1ccnc(Cl)c1. The molecule has 5 heteroatoms. The van der Waals surface area contributed by atoms with Gasteiger partial charge >= 0.3 is 0 Å². The van der Waals surface area contributed by atoms with Gasteiger partial charge in [-0.05, 0) is 25.0 Å². The van der Waals surface area contributed by atoms with Crippen LogP contribution >= 0.6 is 11.6 Å². The second kappa shape index (κ2) is 5.27. The lowest BCUT2D eigenvalue weighted by atomic mass is 10.2. The second-order valence-corrected chi connectivity index (χ2v) is 4.10. The third kappa shape index (κ3) is 2.93. The van der Waals surface area contributed by atoms with E-state index in [4.69, 9.17) is 16.3 Å². The van der Waals surface area contributed by atoms with Crippen molar-refractivity contribution >= 4 is 17.5 Å². The molecule has 2 rings (SSSR count). The molecular formula is C11H13ClN2O2. The zero-order chi connectivity index (χ0) is 11.4. The number of nitrogens with one attached hydrogen (secondary N) is 1. The molecule has 0 aromatic carbocycles. The number of aromatic nitrogens is 1. The van der Waals surface area contributed by atoms with Crippen LogP contribution in [0.5, 0.6) is 0 Å². The first-order valence-corrected chi connectivity index (χ1v) is 5.65. The molecule has 1 aromatic rings. The fourth-order valence-corrected chi connectivity index (χ4v) is 1.83. The van der Waals surface area contributed by atoms with Crippen molar-refractivity contribution in [3.05, 3.63) is 29.0 Å². The van der Waals surface area contributed by atoms with Crippen molar-refractivity contribution < 1.29 is 9.53 Å². The van der Waals surface area contributed by atoms with Gasteiger partial charge in [-0.15, -0.1) is 0 Å². The molecule has 0 radical (unpaired) electrons. The zero-order valence-electron chi connectivity index (χ0n) is 8.78. The molecule has 1 amide bonds. The highest BCUT2D eigenvalue weighted by atomic mass is 35.5. The average molecular weight is 241 g/mol. The minimum absolute atomic E-state index is 0.139. The number of ether oxygens (including phenoxy) is 1. The van der Waals surface area contributed by atoms with Crippen molar-refractivity contribution in [3.63, 3.8) is 0 Å². The van der Waals surface area contributed by atoms with E-state index >= 15 is 0 Å². The van der Waals surface area contributed by atoms with E-state index in [1.807, 2.05) is 0 Å². The summed E-state index contributed by atoms with van der Waals surface area (Å²) in [5, 5.41) is 3.14. The molecule has 0 saturated carbocycles. The summed E-state index contributed by atoms with van der Waals surface area (Å²) in [6.45, 7) is 1.35. The van der Waals surface area contributed by atoms with E-state index in [1.54, 1.807) is 12.1 Å². The Hall–Kier alpha value is -1.13. The fourth-order valence-electron chi connectivity index (χ4n) is 1.66. The number of rotatable bonds is 3. The molecule has 1 aromatic heterocycles. The van der Waals surface area contributed by atoms with Gasteiger partial charge in [0.15, 0.2) is 0 Å². The molecule has 2 heterocycles. The normalized spacial score (nSPS) is 19.7. The number of pyridine rings is 1. The molecule has 16 heavy (non-hydrogen) atoms. The Morgan fingerprint density at radius 2 is 2.56 bits per heavy atom. The summed E-state index contributed by atoms with van der Waals surface area (Å²) < 4.78 is 5.41. The Bertz CT molecular complexity index is 378. The first-order chi connectivity index (χ1) is 7.75. The van der Waals surface area contributed by atoms with Crippen molar-refractivity contribution in [1.82, 2.24) is 10.3 Å². The van der Waals surface area contributed by atoms with Gasteiger partial charge in [0, 0.05) is 24.9 Å². The van der Waals surface area contributed by atoms with Crippen LogP contribution in [0.15, 0.2) is 18.3 Å². The van der Waals surface area contributed by atoms with Gasteiger partial charge in [0.1, 0.15) is 5.15 Å². The predicted molar refractivity (Wildman–Crippen MR) is 60.6 cm³/mol. The fraction of sp³-hybridized carbons (Fsp3) is 0.455. The largest absolute Gasteiger partial charge is 0.376 e. The van der Waals surface area contributed by atoms with Gasteiger partial charge in [-0.1, -0.05) is 11.6 Å². The Kier molecular flexibility index (Phi) is 3.74. The van der Waals surface area contributed by atoms with E-state index in [0.29, 0.717) is 17.3 Å². The van der Waals surface area contributed by atoms with Crippen LogP contribution in [0.25, 0.3) is 0 Å². The molecule has 4 nitrogen and oxygen atoms in total. The van der Waals surface area contributed by atoms with Crippen molar-refractivity contribution in [2.45, 2.75) is 18.9 Å². The summed E-state index contributed by atoms with van der Waals surface area (Å²) in [5.74, 6) is -0.139. The van der Waals surface area contributed by atoms with Crippen LogP contribution in [-0.4, -0.2) is 30.1 Å². The zero-order valence-corrected chi connectivity index (χ0v) is 9.54. The summed E-state index contributed by atoms with van der Waals surface area (Å²) in [7, 11) is 0. The van der Waals surface area contributed by atoms with Crippen LogP contribution in [0.3, 0.4) is 0 Å². The second-order valence-electron chi connectivity index (χ2n) is 3.71. The molecule has 86 valence electrons. The third-order valence-corrected chi connectivity index (χ3v) is 2.71. The number of carbonyl (C=O) groups is 1. The Labute approximate surface area is 99.0 Å². The standard InChI is InChI=1S/C11H13ClN2O2/c12-10-6-8(3-4-13-10)11(15)14-7-9-2-1-5-16-9/h3-4,6,9H,1-2,5,7H2,(H,14,15). The number of hydrogen-bond donors (Lipinski definition) is 1. The average Bonchev–Trinajstić information content (AvgIpc) is 2.78. The number of halogens is 1. The minimum atomic E-state index is -0.139. The van der Waals surface area contributed by atoms with Crippen molar-refractivity contribution in [2.24, 2.45) is 0 Å². The molecule has 0 bridgehead atoms. The molecule has 1 saturated heterocycles. The summed E-state index contributed by atoms with van der Waals surface area (Å²) in [4.78, 5) is 15.5. The molecule has 1 N–H and O–H groups in total. The lowest BCUT2D eigenvalue weighted by Gasteiger charge is -2.10. The molecule has 1 unspecified atom stereocenters. The summed E-state index contributed by atoms with van der Waals surface area (Å²) in [5.41, 5.74) is 0.526. The van der Waals surface area contributed by atoms with E-state index < -0.39 is 0 Å². The van der Waals surface area contributed by atoms with Gasteiger partial charge < -0.3 is 10.1 Å². The maximum Gasteiger partial charge on any atom is 0.251 e.